The number of aromatic hydroxyl groups is 1. The van der Waals surface area contributed by atoms with E-state index in [0.717, 1.165) is 6.07 Å². The zero-order valence-corrected chi connectivity index (χ0v) is 8.44. The Balaban J connectivity index is 3.23. The van der Waals surface area contributed by atoms with E-state index in [2.05, 4.69) is 0 Å². The van der Waals surface area contributed by atoms with E-state index in [1.54, 1.807) is 6.92 Å². The van der Waals surface area contributed by atoms with Crippen LogP contribution in [0.1, 0.15) is 6.92 Å². The van der Waals surface area contributed by atoms with Crippen molar-refractivity contribution in [2.75, 3.05) is 6.61 Å². The van der Waals surface area contributed by atoms with Gasteiger partial charge in [0.25, 0.3) is 0 Å². The Bertz CT molecular complexity index is 370. The summed E-state index contributed by atoms with van der Waals surface area (Å²) in [6.45, 7) is 2.01. The second-order valence-electron chi connectivity index (χ2n) is 2.63. The molecule has 14 heavy (non-hydrogen) atoms. The van der Waals surface area contributed by atoms with Crippen molar-refractivity contribution in [3.05, 3.63) is 18.2 Å². The highest BCUT2D eigenvalue weighted by molar-refractivity contribution is 7.60. The molecule has 6 heteroatoms. The van der Waals surface area contributed by atoms with Gasteiger partial charge in [-0.2, -0.15) is 0 Å². The second kappa shape index (κ2) is 4.00. The van der Waals surface area contributed by atoms with Gasteiger partial charge in [0.05, 0.1) is 6.61 Å². The van der Waals surface area contributed by atoms with Crippen molar-refractivity contribution in [3.8, 4) is 11.5 Å². The van der Waals surface area contributed by atoms with Crippen molar-refractivity contribution in [2.24, 2.45) is 0 Å². The van der Waals surface area contributed by atoms with Gasteiger partial charge in [-0.15, -0.1) is 0 Å². The number of phenols is 1. The van der Waals surface area contributed by atoms with E-state index in [-0.39, 0.29) is 16.8 Å². The number of ether oxygens (including phenoxy) is 1. The molecule has 0 unspecified atom stereocenters. The molecule has 0 aliphatic heterocycles. The normalized spacial score (nSPS) is 11.4. The lowest BCUT2D eigenvalue weighted by Crippen LogP contribution is -2.09. The van der Waals surface area contributed by atoms with Crippen molar-refractivity contribution in [1.82, 2.24) is 0 Å². The summed E-state index contributed by atoms with van der Waals surface area (Å²) in [4.78, 5) is 17.9. The van der Waals surface area contributed by atoms with Gasteiger partial charge in [0.2, 0.25) is 0 Å². The third kappa shape index (κ3) is 2.48. The fourth-order valence-electron chi connectivity index (χ4n) is 1.01. The van der Waals surface area contributed by atoms with Crippen LogP contribution >= 0.6 is 7.60 Å². The van der Waals surface area contributed by atoms with Crippen LogP contribution in [0.3, 0.4) is 0 Å². The molecular weight excluding hydrogens is 207 g/mol. The molecule has 1 rings (SSSR count). The summed E-state index contributed by atoms with van der Waals surface area (Å²) in [5.41, 5.74) is 0. The predicted molar refractivity (Wildman–Crippen MR) is 51.0 cm³/mol. The van der Waals surface area contributed by atoms with Crippen LogP contribution in [-0.4, -0.2) is 21.5 Å². The quantitative estimate of drug-likeness (QED) is 0.646. The topological polar surface area (TPSA) is 87.0 Å². The molecule has 0 aromatic heterocycles. The Morgan fingerprint density at radius 3 is 2.57 bits per heavy atom. The molecular formula is C8H11O5P. The van der Waals surface area contributed by atoms with Crippen LogP contribution in [0.4, 0.5) is 0 Å². The Morgan fingerprint density at radius 1 is 1.43 bits per heavy atom. The van der Waals surface area contributed by atoms with E-state index in [4.69, 9.17) is 19.6 Å². The van der Waals surface area contributed by atoms with Gasteiger partial charge in [-0.05, 0) is 25.1 Å². The molecule has 3 N–H and O–H groups in total. The first kappa shape index (κ1) is 11.0. The third-order valence-electron chi connectivity index (χ3n) is 1.56. The molecule has 0 aliphatic rings. The fourth-order valence-corrected chi connectivity index (χ4v) is 1.74. The average Bonchev–Trinajstić information content (AvgIpc) is 2.07. The first-order valence-corrected chi connectivity index (χ1v) is 5.58. The summed E-state index contributed by atoms with van der Waals surface area (Å²) in [6.07, 6.45) is 0. The fraction of sp³-hybridized carbons (Fsp3) is 0.250. The lowest BCUT2D eigenvalue weighted by Gasteiger charge is -2.11. The van der Waals surface area contributed by atoms with Gasteiger partial charge in [-0.25, -0.2) is 0 Å². The third-order valence-corrected chi connectivity index (χ3v) is 2.53. The molecule has 78 valence electrons. The highest BCUT2D eigenvalue weighted by atomic mass is 31.2. The van der Waals surface area contributed by atoms with Crippen molar-refractivity contribution < 1.29 is 24.2 Å². The van der Waals surface area contributed by atoms with Crippen LogP contribution in [0.2, 0.25) is 0 Å². The predicted octanol–water partition coefficient (Wildman–Crippen LogP) is 0.594. The second-order valence-corrected chi connectivity index (χ2v) is 4.20. The van der Waals surface area contributed by atoms with Crippen LogP contribution in [-0.2, 0) is 4.57 Å². The van der Waals surface area contributed by atoms with Crippen LogP contribution in [0.25, 0.3) is 0 Å². The summed E-state index contributed by atoms with van der Waals surface area (Å²) >= 11 is 0. The maximum absolute atomic E-state index is 11.0. The zero-order chi connectivity index (χ0) is 10.8. The first-order valence-electron chi connectivity index (χ1n) is 3.97. The van der Waals surface area contributed by atoms with Crippen LogP contribution in [0, 0.1) is 0 Å². The molecule has 0 aliphatic carbocycles. The van der Waals surface area contributed by atoms with Crippen LogP contribution < -0.4 is 10.0 Å². The minimum atomic E-state index is -4.40. The van der Waals surface area contributed by atoms with Gasteiger partial charge < -0.3 is 19.6 Å². The van der Waals surface area contributed by atoms with Gasteiger partial charge in [0.15, 0.2) is 0 Å². The Labute approximate surface area is 81.1 Å². The number of phenolic OH excluding ortho intramolecular Hbond substituents is 1. The van der Waals surface area contributed by atoms with Crippen LogP contribution in [0.5, 0.6) is 11.5 Å². The minimum absolute atomic E-state index is 0.0960. The molecule has 1 aromatic carbocycles. The number of benzene rings is 1. The van der Waals surface area contributed by atoms with Gasteiger partial charge in [0.1, 0.15) is 16.8 Å². The molecule has 0 atom stereocenters. The smallest absolute Gasteiger partial charge is 0.360 e. The summed E-state index contributed by atoms with van der Waals surface area (Å²) in [7, 11) is -4.40. The minimum Gasteiger partial charge on any atom is -0.508 e. The van der Waals surface area contributed by atoms with Crippen molar-refractivity contribution in [3.63, 3.8) is 0 Å². The van der Waals surface area contributed by atoms with Gasteiger partial charge >= 0.3 is 7.60 Å². The highest BCUT2D eigenvalue weighted by Gasteiger charge is 2.23. The van der Waals surface area contributed by atoms with Crippen LogP contribution in [0.15, 0.2) is 18.2 Å². The zero-order valence-electron chi connectivity index (χ0n) is 7.54. The van der Waals surface area contributed by atoms with Crippen molar-refractivity contribution >= 4 is 12.9 Å². The number of rotatable bonds is 3. The van der Waals surface area contributed by atoms with Crippen molar-refractivity contribution in [1.29, 1.82) is 0 Å². The van der Waals surface area contributed by atoms with E-state index < -0.39 is 7.60 Å². The van der Waals surface area contributed by atoms with Gasteiger partial charge in [-0.1, -0.05) is 0 Å². The molecule has 0 heterocycles. The molecule has 0 radical (unpaired) electrons. The summed E-state index contributed by atoms with van der Waals surface area (Å²) < 4.78 is 16.0. The lowest BCUT2D eigenvalue weighted by molar-refractivity contribution is 0.338. The molecule has 0 saturated heterocycles. The van der Waals surface area contributed by atoms with E-state index in [1.807, 2.05) is 0 Å². The largest absolute Gasteiger partial charge is 0.508 e. The maximum Gasteiger partial charge on any atom is 0.360 e. The summed E-state index contributed by atoms with van der Waals surface area (Å²) in [5, 5.41) is 8.78. The number of hydrogen-bond acceptors (Lipinski definition) is 3. The maximum atomic E-state index is 11.0. The SMILES string of the molecule is CCOc1ccc(O)cc1P(=O)(O)O. The molecule has 1 aromatic rings. The lowest BCUT2D eigenvalue weighted by atomic mass is 10.3. The van der Waals surface area contributed by atoms with E-state index in [0.29, 0.717) is 6.61 Å². The Kier molecular flexibility index (Phi) is 3.16. The monoisotopic (exact) mass is 218 g/mol. The molecule has 0 saturated carbocycles. The van der Waals surface area contributed by atoms with Crippen molar-refractivity contribution in [2.45, 2.75) is 6.92 Å². The molecule has 0 spiro atoms. The van der Waals surface area contributed by atoms with E-state index >= 15 is 0 Å². The van der Waals surface area contributed by atoms with Gasteiger partial charge in [0, 0.05) is 0 Å². The molecule has 0 bridgehead atoms. The highest BCUT2D eigenvalue weighted by Crippen LogP contribution is 2.38. The van der Waals surface area contributed by atoms with E-state index in [1.165, 1.54) is 12.1 Å². The average molecular weight is 218 g/mol. The molecule has 5 nitrogen and oxygen atoms in total. The summed E-state index contributed by atoms with van der Waals surface area (Å²) in [5.74, 6) is -0.106. The van der Waals surface area contributed by atoms with E-state index in [9.17, 15) is 4.57 Å². The molecule has 0 amide bonds. The first-order chi connectivity index (χ1) is 6.45. The summed E-state index contributed by atoms with van der Waals surface area (Å²) in [6, 6.07) is 3.64. The Hall–Kier alpha value is -1.03. The molecule has 0 fully saturated rings. The van der Waals surface area contributed by atoms with Gasteiger partial charge in [-0.3, -0.25) is 4.57 Å². The Morgan fingerprint density at radius 2 is 2.07 bits per heavy atom. The standard InChI is InChI=1S/C8H11O5P/c1-2-13-7-4-3-6(9)5-8(7)14(10,11)12/h3-5,9H,2H2,1H3,(H2,10,11,12). The number of hydrogen-bond donors (Lipinski definition) is 3.